The molecule has 1 N–H and O–H groups in total. The normalized spacial score (nSPS) is 12.0. The first-order valence-electron chi connectivity index (χ1n) is 3.69. The Kier molecular flexibility index (Phi) is 3.10. The summed E-state index contributed by atoms with van der Waals surface area (Å²) in [6.07, 6.45) is 2.59. The fraction of sp³-hybridized carbons (Fsp3) is 0.429. The first-order chi connectivity index (χ1) is 5.79. The van der Waals surface area contributed by atoms with Crippen molar-refractivity contribution in [2.45, 2.75) is 19.9 Å². The molecule has 0 aliphatic carbocycles. The molecule has 0 bridgehead atoms. The number of hydrogen-bond acceptors (Lipinski definition) is 3. The Labute approximate surface area is 75.4 Å². The van der Waals surface area contributed by atoms with Crippen LogP contribution < -0.4 is 0 Å². The average molecular weight is 188 g/mol. The van der Waals surface area contributed by atoms with Crippen LogP contribution in [0.2, 0.25) is 0 Å². The van der Waals surface area contributed by atoms with Crippen LogP contribution in [0, 0.1) is 0 Å². The van der Waals surface area contributed by atoms with E-state index >= 15 is 0 Å². The number of halogens is 1. The molecular weight excluding hydrogens is 178 g/mol. The molecular formula is C7H10ClN3O. The predicted octanol–water partition coefficient (Wildman–Crippen LogP) is 1.67. The summed E-state index contributed by atoms with van der Waals surface area (Å²) in [6, 6.07) is 1.71. The second-order valence-corrected chi connectivity index (χ2v) is 2.69. The molecule has 0 aliphatic heterocycles. The van der Waals surface area contributed by atoms with E-state index in [0.717, 1.165) is 13.0 Å². The van der Waals surface area contributed by atoms with E-state index in [4.69, 9.17) is 16.8 Å². The minimum atomic E-state index is 0.0703. The first-order valence-corrected chi connectivity index (χ1v) is 4.07. The average Bonchev–Trinajstić information content (AvgIpc) is 2.52. The minimum absolute atomic E-state index is 0.0703. The largest absolute Gasteiger partial charge is 0.410 e. The molecule has 0 amide bonds. The molecule has 0 spiro atoms. The van der Waals surface area contributed by atoms with Crippen molar-refractivity contribution in [3.63, 3.8) is 0 Å². The fourth-order valence-corrected chi connectivity index (χ4v) is 1.11. The third-order valence-electron chi connectivity index (χ3n) is 1.45. The van der Waals surface area contributed by atoms with Gasteiger partial charge in [-0.1, -0.05) is 23.7 Å². The van der Waals surface area contributed by atoms with Gasteiger partial charge >= 0.3 is 0 Å². The minimum Gasteiger partial charge on any atom is -0.410 e. The van der Waals surface area contributed by atoms with E-state index in [0.29, 0.717) is 5.69 Å². The summed E-state index contributed by atoms with van der Waals surface area (Å²) in [7, 11) is 0. The van der Waals surface area contributed by atoms with Crippen molar-refractivity contribution in [2.75, 3.05) is 0 Å². The van der Waals surface area contributed by atoms with Crippen LogP contribution in [0.5, 0.6) is 0 Å². The number of oxime groups is 1. The highest BCUT2D eigenvalue weighted by Crippen LogP contribution is 2.04. The number of aromatic nitrogens is 2. The Morgan fingerprint density at radius 3 is 3.17 bits per heavy atom. The summed E-state index contributed by atoms with van der Waals surface area (Å²) >= 11 is 5.61. The topological polar surface area (TPSA) is 50.4 Å². The van der Waals surface area contributed by atoms with E-state index in [-0.39, 0.29) is 5.17 Å². The maximum Gasteiger partial charge on any atom is 0.193 e. The zero-order valence-electron chi connectivity index (χ0n) is 6.74. The molecule has 1 aromatic rings. The van der Waals surface area contributed by atoms with Crippen LogP contribution in [0.1, 0.15) is 19.0 Å². The van der Waals surface area contributed by atoms with E-state index in [1.165, 1.54) is 0 Å². The van der Waals surface area contributed by atoms with Crippen LogP contribution in [0.3, 0.4) is 0 Å². The Hall–Kier alpha value is -1.03. The number of aryl methyl sites for hydroxylation is 1. The van der Waals surface area contributed by atoms with Crippen LogP contribution in [-0.4, -0.2) is 20.2 Å². The Morgan fingerprint density at radius 1 is 1.83 bits per heavy atom. The van der Waals surface area contributed by atoms with Crippen molar-refractivity contribution in [1.29, 1.82) is 0 Å². The van der Waals surface area contributed by atoms with Gasteiger partial charge in [-0.2, -0.15) is 5.10 Å². The molecule has 0 unspecified atom stereocenters. The monoisotopic (exact) mass is 187 g/mol. The van der Waals surface area contributed by atoms with Crippen molar-refractivity contribution in [3.8, 4) is 0 Å². The van der Waals surface area contributed by atoms with Gasteiger partial charge in [0.05, 0.1) is 0 Å². The van der Waals surface area contributed by atoms with Gasteiger partial charge in [0.15, 0.2) is 5.17 Å². The maximum absolute atomic E-state index is 8.41. The molecule has 0 aliphatic rings. The van der Waals surface area contributed by atoms with E-state index in [1.54, 1.807) is 16.9 Å². The van der Waals surface area contributed by atoms with Crippen molar-refractivity contribution in [1.82, 2.24) is 9.78 Å². The Bertz CT molecular complexity index is 282. The SMILES string of the molecule is CCCn1nccc1/C(Cl)=N/O. The molecule has 0 radical (unpaired) electrons. The molecule has 5 heteroatoms. The lowest BCUT2D eigenvalue weighted by Crippen LogP contribution is -2.07. The van der Waals surface area contributed by atoms with Gasteiger partial charge in [0, 0.05) is 12.7 Å². The van der Waals surface area contributed by atoms with E-state index in [9.17, 15) is 0 Å². The number of nitrogens with zero attached hydrogens (tertiary/aromatic N) is 3. The highest BCUT2D eigenvalue weighted by atomic mass is 35.5. The van der Waals surface area contributed by atoms with Crippen molar-refractivity contribution >= 4 is 16.8 Å². The lowest BCUT2D eigenvalue weighted by Gasteiger charge is -2.01. The smallest absolute Gasteiger partial charge is 0.193 e. The van der Waals surface area contributed by atoms with E-state index in [1.807, 2.05) is 6.92 Å². The summed E-state index contributed by atoms with van der Waals surface area (Å²) in [5, 5.41) is 15.4. The van der Waals surface area contributed by atoms with Crippen LogP contribution in [0.15, 0.2) is 17.4 Å². The summed E-state index contributed by atoms with van der Waals surface area (Å²) < 4.78 is 1.70. The van der Waals surface area contributed by atoms with Crippen molar-refractivity contribution < 1.29 is 5.21 Å². The van der Waals surface area contributed by atoms with Crippen LogP contribution in [-0.2, 0) is 6.54 Å². The zero-order chi connectivity index (χ0) is 8.97. The third kappa shape index (κ3) is 1.76. The second-order valence-electron chi connectivity index (χ2n) is 2.33. The van der Waals surface area contributed by atoms with Gasteiger partial charge in [0.1, 0.15) is 5.69 Å². The van der Waals surface area contributed by atoms with E-state index in [2.05, 4.69) is 10.3 Å². The van der Waals surface area contributed by atoms with Gasteiger partial charge in [-0.25, -0.2) is 0 Å². The molecule has 1 aromatic heterocycles. The Morgan fingerprint density at radius 2 is 2.58 bits per heavy atom. The summed E-state index contributed by atoms with van der Waals surface area (Å²) in [5.41, 5.74) is 0.640. The lowest BCUT2D eigenvalue weighted by atomic mass is 10.4. The van der Waals surface area contributed by atoms with Crippen LogP contribution in [0.4, 0.5) is 0 Å². The molecule has 0 atom stereocenters. The lowest BCUT2D eigenvalue weighted by molar-refractivity contribution is 0.320. The van der Waals surface area contributed by atoms with Gasteiger partial charge < -0.3 is 5.21 Å². The van der Waals surface area contributed by atoms with Gasteiger partial charge in [-0.3, -0.25) is 4.68 Å². The molecule has 4 nitrogen and oxygen atoms in total. The van der Waals surface area contributed by atoms with Gasteiger partial charge in [-0.15, -0.1) is 0 Å². The van der Waals surface area contributed by atoms with Crippen molar-refractivity contribution in [2.24, 2.45) is 5.16 Å². The molecule has 1 rings (SSSR count). The zero-order valence-corrected chi connectivity index (χ0v) is 7.49. The third-order valence-corrected chi connectivity index (χ3v) is 1.72. The molecule has 66 valence electrons. The van der Waals surface area contributed by atoms with Crippen LogP contribution >= 0.6 is 11.6 Å². The molecule has 0 fully saturated rings. The molecule has 1 heterocycles. The Balaban J connectivity index is 2.91. The summed E-state index contributed by atoms with van der Waals surface area (Å²) in [4.78, 5) is 0. The predicted molar refractivity (Wildman–Crippen MR) is 46.7 cm³/mol. The quantitative estimate of drug-likeness (QED) is 0.445. The first kappa shape index (κ1) is 9.06. The molecule has 0 saturated carbocycles. The highest BCUT2D eigenvalue weighted by Gasteiger charge is 2.06. The van der Waals surface area contributed by atoms with Crippen LogP contribution in [0.25, 0.3) is 0 Å². The number of hydrogen-bond donors (Lipinski definition) is 1. The van der Waals surface area contributed by atoms with Gasteiger partial charge in [-0.05, 0) is 12.5 Å². The second kappa shape index (κ2) is 4.11. The van der Waals surface area contributed by atoms with E-state index < -0.39 is 0 Å². The van der Waals surface area contributed by atoms with Crippen molar-refractivity contribution in [3.05, 3.63) is 18.0 Å². The standard InChI is InChI=1S/C7H10ClN3O/c1-2-5-11-6(3-4-9-11)7(8)10-12/h3-4,12H,2,5H2,1H3/b10-7-. The summed E-state index contributed by atoms with van der Waals surface area (Å²) in [5.74, 6) is 0. The van der Waals surface area contributed by atoms with Gasteiger partial charge in [0.25, 0.3) is 0 Å². The number of rotatable bonds is 3. The molecule has 0 aromatic carbocycles. The highest BCUT2D eigenvalue weighted by molar-refractivity contribution is 6.69. The molecule has 12 heavy (non-hydrogen) atoms. The molecule has 0 saturated heterocycles. The summed E-state index contributed by atoms with van der Waals surface area (Å²) in [6.45, 7) is 2.81. The van der Waals surface area contributed by atoms with Gasteiger partial charge in [0.2, 0.25) is 0 Å². The maximum atomic E-state index is 8.41. The fourth-order valence-electron chi connectivity index (χ4n) is 0.949.